The van der Waals surface area contributed by atoms with Crippen molar-refractivity contribution >= 4 is 16.7 Å². The average molecular weight is 609 g/mol. The summed E-state index contributed by atoms with van der Waals surface area (Å²) in [6.07, 6.45) is 1.33. The van der Waals surface area contributed by atoms with Crippen molar-refractivity contribution in [3.63, 3.8) is 0 Å². The second kappa shape index (κ2) is 11.0. The Morgan fingerprint density at radius 2 is 1.59 bits per heavy atom. The fourth-order valence-electron chi connectivity index (χ4n) is 2.77. The number of rotatable bonds is 2. The zero-order chi connectivity index (χ0) is 23.4. The third-order valence-corrected chi connectivity index (χ3v) is 4.93. The molecule has 0 atom stereocenters. The largest absolute Gasteiger partial charge is 0.512 e. The molecule has 0 aliphatic rings. The van der Waals surface area contributed by atoms with Crippen LogP contribution in [0, 0.1) is 30.7 Å². The molecule has 1 aromatic heterocycles. The molecule has 3 aromatic rings. The van der Waals surface area contributed by atoms with Gasteiger partial charge in [-0.05, 0) is 24.2 Å². The van der Waals surface area contributed by atoms with Gasteiger partial charge in [0.15, 0.2) is 5.78 Å². The Morgan fingerprint density at radius 1 is 0.969 bits per heavy atom. The molecular formula is C28H34IrNO2-. The number of hydrogen-bond acceptors (Lipinski definition) is 3. The second-order valence-electron chi connectivity index (χ2n) is 10.0. The number of ketones is 1. The monoisotopic (exact) mass is 609 g/mol. The number of allylic oxidation sites excluding steroid dienone is 2. The van der Waals surface area contributed by atoms with E-state index in [-0.39, 0.29) is 37.1 Å². The van der Waals surface area contributed by atoms with Crippen molar-refractivity contribution < 1.29 is 30.0 Å². The summed E-state index contributed by atoms with van der Waals surface area (Å²) in [6, 6.07) is 19.8. The van der Waals surface area contributed by atoms with Crippen LogP contribution in [-0.2, 0) is 24.9 Å². The molecule has 2 aromatic carbocycles. The summed E-state index contributed by atoms with van der Waals surface area (Å²) in [6.45, 7) is 15.3. The van der Waals surface area contributed by atoms with Crippen LogP contribution in [0.5, 0.6) is 0 Å². The molecule has 0 saturated carbocycles. The van der Waals surface area contributed by atoms with E-state index < -0.39 is 5.41 Å². The van der Waals surface area contributed by atoms with Gasteiger partial charge in [0, 0.05) is 42.4 Å². The minimum atomic E-state index is -0.417. The van der Waals surface area contributed by atoms with Gasteiger partial charge in [0.05, 0.1) is 5.52 Å². The van der Waals surface area contributed by atoms with E-state index in [0.29, 0.717) is 0 Å². The van der Waals surface area contributed by atoms with Crippen LogP contribution in [0.1, 0.15) is 52.7 Å². The van der Waals surface area contributed by atoms with Crippen LogP contribution in [0.2, 0.25) is 0 Å². The Kier molecular flexibility index (Phi) is 9.56. The third-order valence-electron chi connectivity index (χ3n) is 4.93. The van der Waals surface area contributed by atoms with Crippen LogP contribution >= 0.6 is 0 Å². The Morgan fingerprint density at radius 3 is 2.16 bits per heavy atom. The first kappa shape index (κ1) is 27.7. The Bertz CT molecular complexity index is 1100. The first-order chi connectivity index (χ1) is 14.3. The van der Waals surface area contributed by atoms with Crippen LogP contribution in [-0.4, -0.2) is 15.9 Å². The number of para-hydroxylation sites is 1. The van der Waals surface area contributed by atoms with E-state index in [1.807, 2.05) is 53.7 Å². The molecule has 3 rings (SSSR count). The standard InChI is InChI=1S/C17H14N.C11H20O2.Ir/c1-12-6-5-7-14(10-12)17-11-13(2)15-8-3-4-9-16(15)18-17;1-10(2,3)8(12)7-9(13)11(4,5)6;/h3-6,8-11H,1-2H3;7,12H,1-6H3;/q-1;;. The number of aliphatic hydroxyl groups is 1. The molecule has 1 radical (unpaired) electrons. The van der Waals surface area contributed by atoms with Gasteiger partial charge in [0.25, 0.3) is 0 Å². The van der Waals surface area contributed by atoms with Crippen molar-refractivity contribution in [1.29, 1.82) is 0 Å². The summed E-state index contributed by atoms with van der Waals surface area (Å²) >= 11 is 0. The molecule has 0 fully saturated rings. The van der Waals surface area contributed by atoms with E-state index in [9.17, 15) is 9.90 Å². The molecule has 0 bridgehead atoms. The summed E-state index contributed by atoms with van der Waals surface area (Å²) in [4.78, 5) is 16.2. The van der Waals surface area contributed by atoms with Gasteiger partial charge in [-0.3, -0.25) is 9.78 Å². The number of aryl methyl sites for hydroxylation is 2. The topological polar surface area (TPSA) is 50.2 Å². The van der Waals surface area contributed by atoms with Gasteiger partial charge in [-0.25, -0.2) is 0 Å². The second-order valence-corrected chi connectivity index (χ2v) is 10.0. The maximum Gasteiger partial charge on any atom is 0.164 e. The smallest absolute Gasteiger partial charge is 0.164 e. The minimum absolute atomic E-state index is 0. The number of carbonyl (C=O) groups is 1. The predicted molar refractivity (Wildman–Crippen MR) is 130 cm³/mol. The van der Waals surface area contributed by atoms with E-state index >= 15 is 0 Å². The maximum absolute atomic E-state index is 11.5. The average Bonchev–Trinajstić information content (AvgIpc) is 2.67. The van der Waals surface area contributed by atoms with E-state index in [1.165, 1.54) is 22.6 Å². The van der Waals surface area contributed by atoms with Crippen molar-refractivity contribution in [3.8, 4) is 11.3 Å². The minimum Gasteiger partial charge on any atom is -0.512 e. The summed E-state index contributed by atoms with van der Waals surface area (Å²) in [5.74, 6) is 0.104. The molecule has 32 heavy (non-hydrogen) atoms. The van der Waals surface area contributed by atoms with Crippen molar-refractivity contribution in [2.45, 2.75) is 55.4 Å². The Balaban J connectivity index is 0.000000330. The number of fused-ring (bicyclic) bond motifs is 1. The molecule has 4 heteroatoms. The third kappa shape index (κ3) is 7.69. The number of aliphatic hydroxyl groups excluding tert-OH is 1. The van der Waals surface area contributed by atoms with Crippen LogP contribution < -0.4 is 0 Å². The predicted octanol–water partition coefficient (Wildman–Crippen LogP) is 7.41. The molecular weight excluding hydrogens is 575 g/mol. The molecule has 3 nitrogen and oxygen atoms in total. The first-order valence-electron chi connectivity index (χ1n) is 10.6. The zero-order valence-corrected chi connectivity index (χ0v) is 22.7. The first-order valence-corrected chi connectivity index (χ1v) is 10.6. The van der Waals surface area contributed by atoms with Crippen LogP contribution in [0.3, 0.4) is 0 Å². The Hall–Kier alpha value is -2.29. The maximum atomic E-state index is 11.5. The van der Waals surface area contributed by atoms with E-state index in [2.05, 4.69) is 56.3 Å². The van der Waals surface area contributed by atoms with Crippen LogP contribution in [0.15, 0.2) is 60.4 Å². The molecule has 0 amide bonds. The summed E-state index contributed by atoms with van der Waals surface area (Å²) < 4.78 is 0. The van der Waals surface area contributed by atoms with E-state index in [1.54, 1.807) is 0 Å². The van der Waals surface area contributed by atoms with Gasteiger partial charge < -0.3 is 5.11 Å². The van der Waals surface area contributed by atoms with Gasteiger partial charge in [-0.15, -0.1) is 35.4 Å². The number of benzene rings is 2. The molecule has 173 valence electrons. The molecule has 0 spiro atoms. The van der Waals surface area contributed by atoms with Crippen molar-refractivity contribution in [2.24, 2.45) is 10.8 Å². The van der Waals surface area contributed by atoms with Gasteiger partial charge in [0.2, 0.25) is 0 Å². The Labute approximate surface area is 206 Å². The number of pyridine rings is 1. The SMILES string of the molecule is CC(C)(C)C(=O)C=C(O)C(C)(C)C.Cc1cc[c-]c(-c2cc(C)c3ccccc3n2)c1.[Ir]. The van der Waals surface area contributed by atoms with Crippen LogP contribution in [0.25, 0.3) is 22.2 Å². The molecule has 0 saturated heterocycles. The molecule has 0 aliphatic carbocycles. The zero-order valence-electron chi connectivity index (χ0n) is 20.3. The fourth-order valence-corrected chi connectivity index (χ4v) is 2.77. The fraction of sp³-hybridized carbons (Fsp3) is 0.357. The summed E-state index contributed by atoms with van der Waals surface area (Å²) in [5, 5.41) is 10.8. The molecule has 0 unspecified atom stereocenters. The summed E-state index contributed by atoms with van der Waals surface area (Å²) in [7, 11) is 0. The van der Waals surface area contributed by atoms with Gasteiger partial charge in [-0.1, -0.05) is 72.7 Å². The quantitative estimate of drug-likeness (QED) is 0.187. The van der Waals surface area contributed by atoms with Gasteiger partial charge in [-0.2, -0.15) is 0 Å². The molecule has 1 heterocycles. The number of carbonyl (C=O) groups excluding carboxylic acids is 1. The number of aromatic nitrogens is 1. The summed E-state index contributed by atoms with van der Waals surface area (Å²) in [5.41, 5.74) is 4.82. The van der Waals surface area contributed by atoms with Gasteiger partial charge >= 0.3 is 0 Å². The van der Waals surface area contributed by atoms with Crippen molar-refractivity contribution in [1.82, 2.24) is 4.98 Å². The number of nitrogens with zero attached hydrogens (tertiary/aromatic N) is 1. The van der Waals surface area contributed by atoms with Crippen LogP contribution in [0.4, 0.5) is 0 Å². The molecule has 0 aliphatic heterocycles. The number of hydrogen-bond donors (Lipinski definition) is 1. The van der Waals surface area contributed by atoms with Crippen molar-refractivity contribution in [2.75, 3.05) is 0 Å². The van der Waals surface area contributed by atoms with E-state index in [4.69, 9.17) is 4.98 Å². The van der Waals surface area contributed by atoms with Crippen molar-refractivity contribution in [3.05, 3.63) is 77.6 Å². The molecule has 1 N–H and O–H groups in total. The van der Waals surface area contributed by atoms with Gasteiger partial charge in [0.1, 0.15) is 5.76 Å². The van der Waals surface area contributed by atoms with E-state index in [0.717, 1.165) is 16.8 Å². The normalized spacial score (nSPS) is 11.9.